The van der Waals surface area contributed by atoms with Crippen molar-refractivity contribution in [3.8, 4) is 0 Å². The first-order valence-electron chi connectivity index (χ1n) is 5.92. The maximum Gasteiger partial charge on any atom is 0.111 e. The lowest BCUT2D eigenvalue weighted by molar-refractivity contribution is -0.115. The number of ether oxygens (including phenoxy) is 1. The van der Waals surface area contributed by atoms with Gasteiger partial charge >= 0.3 is 0 Å². The fraction of sp³-hybridized carbons (Fsp3) is 1.00. The molecule has 2 aliphatic rings. The average molecular weight is 246 g/mol. The van der Waals surface area contributed by atoms with Crippen LogP contribution < -0.4 is 0 Å². The maximum absolute atomic E-state index is 11.4. The fourth-order valence-corrected chi connectivity index (χ4v) is 3.55. The van der Waals surface area contributed by atoms with Gasteiger partial charge in [-0.25, -0.2) is 0 Å². The molecule has 6 atom stereocenters. The van der Waals surface area contributed by atoms with Gasteiger partial charge < -0.3 is 19.5 Å². The van der Waals surface area contributed by atoms with E-state index >= 15 is 0 Å². The van der Waals surface area contributed by atoms with E-state index in [1.807, 2.05) is 14.8 Å². The third-order valence-corrected chi connectivity index (χ3v) is 5.70. The number of hydrogen-bond acceptors (Lipinski definition) is 4. The van der Waals surface area contributed by atoms with Crippen molar-refractivity contribution in [2.45, 2.75) is 43.4 Å². The van der Waals surface area contributed by atoms with E-state index in [4.69, 9.17) is 4.74 Å². The van der Waals surface area contributed by atoms with Gasteiger partial charge in [0.15, 0.2) is 0 Å². The van der Waals surface area contributed by atoms with Gasteiger partial charge in [0.2, 0.25) is 0 Å². The normalized spacial score (nSPS) is 52.4. The van der Waals surface area contributed by atoms with E-state index in [9.17, 15) is 14.8 Å². The third-order valence-electron chi connectivity index (χ3n) is 4.44. The zero-order valence-corrected chi connectivity index (χ0v) is 11.1. The van der Waals surface area contributed by atoms with E-state index in [0.717, 1.165) is 6.42 Å². The first-order valence-corrected chi connectivity index (χ1v) is 7.74. The minimum absolute atomic E-state index is 0.0338. The minimum atomic E-state index is -1.67. The molecule has 2 N–H and O–H groups in total. The number of hydrogen-bond donors (Lipinski definition) is 2. The van der Waals surface area contributed by atoms with E-state index in [0.29, 0.717) is 6.16 Å². The van der Waals surface area contributed by atoms with Gasteiger partial charge in [0.1, 0.15) is 27.4 Å². The Labute approximate surface area is 97.6 Å². The van der Waals surface area contributed by atoms with Gasteiger partial charge in [-0.05, 0) is 31.2 Å². The molecule has 0 amide bonds. The van der Waals surface area contributed by atoms with Crippen LogP contribution in [0.5, 0.6) is 0 Å². The van der Waals surface area contributed by atoms with E-state index in [2.05, 4.69) is 0 Å². The van der Waals surface area contributed by atoms with Crippen molar-refractivity contribution in [3.63, 3.8) is 0 Å². The summed E-state index contributed by atoms with van der Waals surface area (Å²) in [6, 6.07) is 0. The van der Waals surface area contributed by atoms with E-state index < -0.39 is 25.1 Å². The molecule has 2 saturated carbocycles. The molecule has 0 saturated heterocycles. The number of aliphatic hydroxyl groups excluding tert-OH is 1. The van der Waals surface area contributed by atoms with Gasteiger partial charge in [0.25, 0.3) is 0 Å². The molecule has 0 aliphatic heterocycles. The second-order valence-corrected chi connectivity index (χ2v) is 7.44. The topological polar surface area (TPSA) is 66.8 Å². The van der Waals surface area contributed by atoms with Crippen LogP contribution in [-0.4, -0.2) is 47.9 Å². The smallest absolute Gasteiger partial charge is 0.111 e. The van der Waals surface area contributed by atoms with Crippen LogP contribution in [0.15, 0.2) is 0 Å². The first kappa shape index (κ1) is 12.6. The van der Waals surface area contributed by atoms with Gasteiger partial charge in [-0.15, -0.1) is 0 Å². The highest BCUT2D eigenvalue weighted by Gasteiger charge is 2.74. The van der Waals surface area contributed by atoms with Crippen LogP contribution in [0.2, 0.25) is 5.82 Å². The van der Waals surface area contributed by atoms with Crippen molar-refractivity contribution in [2.24, 2.45) is 5.92 Å². The number of aliphatic hydroxyl groups is 2. The SMILES string of the molecule is B[C@@H]1[C@H]2C[C@@]2(OC[PH](=O)CC)[C@@H](O)[C@@]1(C)O. The highest BCUT2D eigenvalue weighted by Crippen LogP contribution is 2.66. The lowest BCUT2D eigenvalue weighted by Crippen LogP contribution is -2.46. The molecular formula is C10H20BO4P. The van der Waals surface area contributed by atoms with Crippen molar-refractivity contribution in [1.29, 1.82) is 0 Å². The number of fused-ring (bicyclic) bond motifs is 1. The summed E-state index contributed by atoms with van der Waals surface area (Å²) in [5.41, 5.74) is -1.69. The summed E-state index contributed by atoms with van der Waals surface area (Å²) in [5.74, 6) is 0.246. The molecule has 2 aliphatic carbocycles. The van der Waals surface area contributed by atoms with Crippen LogP contribution >= 0.6 is 7.80 Å². The molecule has 4 nitrogen and oxygen atoms in total. The summed E-state index contributed by atoms with van der Waals surface area (Å²) in [5, 5.41) is 20.2. The lowest BCUT2D eigenvalue weighted by Gasteiger charge is -2.32. The second kappa shape index (κ2) is 3.84. The molecule has 0 bridgehead atoms. The Bertz CT molecular complexity index is 322. The summed E-state index contributed by atoms with van der Waals surface area (Å²) in [6.07, 6.45) is 0.793. The molecule has 16 heavy (non-hydrogen) atoms. The monoisotopic (exact) mass is 246 g/mol. The predicted molar refractivity (Wildman–Crippen MR) is 65.3 cm³/mol. The minimum Gasteiger partial charge on any atom is -0.388 e. The van der Waals surface area contributed by atoms with Crippen molar-refractivity contribution in [1.82, 2.24) is 0 Å². The Morgan fingerprint density at radius 2 is 2.25 bits per heavy atom. The van der Waals surface area contributed by atoms with E-state index in [-0.39, 0.29) is 18.1 Å². The van der Waals surface area contributed by atoms with Crippen molar-refractivity contribution < 1.29 is 19.5 Å². The van der Waals surface area contributed by atoms with Gasteiger partial charge in [-0.3, -0.25) is 0 Å². The molecule has 2 rings (SSSR count). The zero-order chi connectivity index (χ0) is 12.1. The molecule has 0 aromatic rings. The van der Waals surface area contributed by atoms with Gasteiger partial charge in [0, 0.05) is 0 Å². The summed E-state index contributed by atoms with van der Waals surface area (Å²) in [7, 11) is 0.270. The largest absolute Gasteiger partial charge is 0.388 e. The quantitative estimate of drug-likeness (QED) is 0.534. The van der Waals surface area contributed by atoms with Crippen LogP contribution in [0, 0.1) is 5.92 Å². The molecule has 0 heterocycles. The standard InChI is InChI=1S/C10H20BO4P/c1-3-16(14)5-15-10-4-6(10)7(11)9(2,13)8(10)12/h6-8,12-13,16H,3-5,11H2,1-2H3/t6-,7-,8+,9+,10+/m1/s1. The Hall–Kier alpha value is 0.175. The first-order chi connectivity index (χ1) is 7.36. The van der Waals surface area contributed by atoms with Crippen LogP contribution in [0.25, 0.3) is 0 Å². The highest BCUT2D eigenvalue weighted by atomic mass is 31.1. The zero-order valence-electron chi connectivity index (χ0n) is 10.1. The van der Waals surface area contributed by atoms with Gasteiger partial charge in [-0.1, -0.05) is 6.92 Å². The predicted octanol–water partition coefficient (Wildman–Crippen LogP) is -0.154. The summed E-state index contributed by atoms with van der Waals surface area (Å²) in [4.78, 5) is 0. The maximum atomic E-state index is 11.4. The van der Waals surface area contributed by atoms with Crippen LogP contribution in [-0.2, 0) is 9.30 Å². The van der Waals surface area contributed by atoms with Crippen molar-refractivity contribution >= 4 is 15.6 Å². The third kappa shape index (κ3) is 1.60. The van der Waals surface area contributed by atoms with Gasteiger partial charge in [-0.2, -0.15) is 0 Å². The molecule has 0 spiro atoms. The van der Waals surface area contributed by atoms with Crippen molar-refractivity contribution in [2.75, 3.05) is 12.5 Å². The van der Waals surface area contributed by atoms with Crippen LogP contribution in [0.4, 0.5) is 0 Å². The summed E-state index contributed by atoms with van der Waals surface area (Å²) in [6.45, 7) is 3.53. The Kier molecular flexibility index (Phi) is 3.03. The molecule has 0 radical (unpaired) electrons. The fourth-order valence-electron chi connectivity index (χ4n) is 2.91. The molecular weight excluding hydrogens is 226 g/mol. The number of rotatable bonds is 4. The summed E-state index contributed by atoms with van der Waals surface area (Å²) >= 11 is 0. The molecule has 92 valence electrons. The molecule has 0 aromatic heterocycles. The lowest BCUT2D eigenvalue weighted by atomic mass is 9.73. The molecule has 2 fully saturated rings. The van der Waals surface area contributed by atoms with E-state index in [1.54, 1.807) is 6.92 Å². The highest BCUT2D eigenvalue weighted by molar-refractivity contribution is 7.44. The molecule has 1 unspecified atom stereocenters. The van der Waals surface area contributed by atoms with Crippen LogP contribution in [0.1, 0.15) is 20.3 Å². The van der Waals surface area contributed by atoms with E-state index in [1.165, 1.54) is 0 Å². The Balaban J connectivity index is 2.04. The van der Waals surface area contributed by atoms with Crippen molar-refractivity contribution in [3.05, 3.63) is 0 Å². The average Bonchev–Trinajstić information content (AvgIpc) is 2.95. The Morgan fingerprint density at radius 1 is 1.62 bits per heavy atom. The van der Waals surface area contributed by atoms with Gasteiger partial charge in [0.05, 0.1) is 11.9 Å². The molecule has 6 heteroatoms. The summed E-state index contributed by atoms with van der Waals surface area (Å²) < 4.78 is 17.1. The Morgan fingerprint density at radius 3 is 2.69 bits per heavy atom. The van der Waals surface area contributed by atoms with Crippen LogP contribution in [0.3, 0.4) is 0 Å². The second-order valence-electron chi connectivity index (χ2n) is 5.36. The molecule has 0 aromatic carbocycles.